The van der Waals surface area contributed by atoms with Crippen LogP contribution in [0.2, 0.25) is 0 Å². The Morgan fingerprint density at radius 1 is 1.20 bits per heavy atom. The lowest BCUT2D eigenvalue weighted by atomic mass is 9.99. The molecule has 0 aliphatic carbocycles. The summed E-state index contributed by atoms with van der Waals surface area (Å²) in [5.74, 6) is -0.536. The zero-order valence-corrected chi connectivity index (χ0v) is 18.1. The van der Waals surface area contributed by atoms with Gasteiger partial charge in [-0.25, -0.2) is 4.79 Å². The first-order chi connectivity index (χ1) is 14.2. The zero-order chi connectivity index (χ0) is 22.4. The Morgan fingerprint density at radius 2 is 1.83 bits per heavy atom. The van der Waals surface area contributed by atoms with Crippen LogP contribution in [-0.2, 0) is 16.6 Å². The predicted molar refractivity (Wildman–Crippen MR) is 114 cm³/mol. The number of ketones is 1. The first kappa shape index (κ1) is 22.9. The molecule has 0 aliphatic heterocycles. The van der Waals surface area contributed by atoms with Gasteiger partial charge in [0, 0.05) is 24.8 Å². The maximum absolute atomic E-state index is 13.3. The summed E-state index contributed by atoms with van der Waals surface area (Å²) in [6.07, 6.45) is 1.56. The molecule has 0 fully saturated rings. The fraction of sp³-hybridized carbons (Fsp3) is 0.348. The maximum Gasteiger partial charge on any atom is 0.354 e. The first-order valence-electron chi connectivity index (χ1n) is 9.61. The van der Waals surface area contributed by atoms with E-state index < -0.39 is 12.0 Å². The fourth-order valence-electron chi connectivity index (χ4n) is 3.44. The molecular formula is C23H28N2O5. The Morgan fingerprint density at radius 3 is 2.40 bits per heavy atom. The summed E-state index contributed by atoms with van der Waals surface area (Å²) in [6, 6.07) is 8.23. The largest absolute Gasteiger partial charge is 0.484 e. The molecule has 0 radical (unpaired) electrons. The molecule has 2 rings (SSSR count). The van der Waals surface area contributed by atoms with Gasteiger partial charge in [-0.3, -0.25) is 9.59 Å². The molecule has 1 aromatic carbocycles. The molecule has 1 heterocycles. The number of benzene rings is 1. The minimum Gasteiger partial charge on any atom is -0.484 e. The average Bonchev–Trinajstić information content (AvgIpc) is 2.97. The van der Waals surface area contributed by atoms with E-state index in [0.29, 0.717) is 28.3 Å². The van der Waals surface area contributed by atoms with Crippen LogP contribution >= 0.6 is 0 Å². The SMILES string of the molecule is C=CCN(C(=O)COc1ccccc1)C(C)C(=O)c1c(C)c(C(=O)OC)n(C)c1C. The fourth-order valence-corrected chi connectivity index (χ4v) is 3.44. The van der Waals surface area contributed by atoms with Gasteiger partial charge in [-0.15, -0.1) is 6.58 Å². The summed E-state index contributed by atoms with van der Waals surface area (Å²) in [5, 5.41) is 0. The van der Waals surface area contributed by atoms with Crippen molar-refractivity contribution in [1.82, 2.24) is 9.47 Å². The van der Waals surface area contributed by atoms with E-state index in [2.05, 4.69) is 6.58 Å². The minimum atomic E-state index is -0.764. The van der Waals surface area contributed by atoms with Crippen molar-refractivity contribution in [3.63, 3.8) is 0 Å². The highest BCUT2D eigenvalue weighted by Gasteiger charge is 2.32. The summed E-state index contributed by atoms with van der Waals surface area (Å²) in [4.78, 5) is 39.7. The van der Waals surface area contributed by atoms with E-state index in [0.717, 1.165) is 0 Å². The Labute approximate surface area is 176 Å². The van der Waals surface area contributed by atoms with E-state index >= 15 is 0 Å². The van der Waals surface area contributed by atoms with Crippen LogP contribution in [-0.4, -0.2) is 53.4 Å². The van der Waals surface area contributed by atoms with Gasteiger partial charge in [-0.05, 0) is 38.5 Å². The third kappa shape index (κ3) is 4.62. The smallest absolute Gasteiger partial charge is 0.354 e. The third-order valence-electron chi connectivity index (χ3n) is 5.15. The van der Waals surface area contributed by atoms with Crippen LogP contribution in [0, 0.1) is 13.8 Å². The van der Waals surface area contributed by atoms with Crippen molar-refractivity contribution >= 4 is 17.7 Å². The normalized spacial score (nSPS) is 11.5. The van der Waals surface area contributed by atoms with Crippen molar-refractivity contribution < 1.29 is 23.9 Å². The molecule has 0 saturated carbocycles. The van der Waals surface area contributed by atoms with Crippen LogP contribution in [0.1, 0.15) is 39.0 Å². The van der Waals surface area contributed by atoms with Crippen LogP contribution in [0.4, 0.5) is 0 Å². The molecule has 2 aromatic rings. The van der Waals surface area contributed by atoms with E-state index in [9.17, 15) is 14.4 Å². The second kappa shape index (κ2) is 9.91. The molecular weight excluding hydrogens is 384 g/mol. The van der Waals surface area contributed by atoms with Gasteiger partial charge >= 0.3 is 5.97 Å². The van der Waals surface area contributed by atoms with Crippen LogP contribution in [0.15, 0.2) is 43.0 Å². The molecule has 0 aliphatic rings. The molecule has 1 atom stereocenters. The molecule has 1 amide bonds. The van der Waals surface area contributed by atoms with E-state index in [1.54, 1.807) is 50.6 Å². The number of hydrogen-bond donors (Lipinski definition) is 0. The highest BCUT2D eigenvalue weighted by atomic mass is 16.5. The number of methoxy groups -OCH3 is 1. The van der Waals surface area contributed by atoms with Crippen LogP contribution in [0.5, 0.6) is 5.75 Å². The number of carbonyl (C=O) groups is 3. The average molecular weight is 412 g/mol. The number of carbonyl (C=O) groups excluding carboxylic acids is 3. The molecule has 1 aromatic heterocycles. The summed E-state index contributed by atoms with van der Waals surface area (Å²) in [6.45, 7) is 8.82. The third-order valence-corrected chi connectivity index (χ3v) is 5.15. The lowest BCUT2D eigenvalue weighted by Crippen LogP contribution is -2.45. The molecule has 0 saturated heterocycles. The van der Waals surface area contributed by atoms with E-state index in [1.165, 1.54) is 12.0 Å². The van der Waals surface area contributed by atoms with Gasteiger partial charge in [0.05, 0.1) is 13.2 Å². The number of rotatable bonds is 9. The molecule has 0 spiro atoms. The van der Waals surface area contributed by atoms with Crippen LogP contribution in [0.3, 0.4) is 0 Å². The highest BCUT2D eigenvalue weighted by Crippen LogP contribution is 2.24. The number of esters is 1. The van der Waals surface area contributed by atoms with Crippen LogP contribution < -0.4 is 4.74 Å². The summed E-state index contributed by atoms with van der Waals surface area (Å²) in [7, 11) is 3.00. The van der Waals surface area contributed by atoms with Crippen molar-refractivity contribution in [3.05, 3.63) is 65.5 Å². The number of hydrogen-bond acceptors (Lipinski definition) is 5. The van der Waals surface area contributed by atoms with Gasteiger partial charge in [-0.2, -0.15) is 0 Å². The van der Waals surface area contributed by atoms with Gasteiger partial charge in [0.15, 0.2) is 12.4 Å². The number of nitrogens with zero attached hydrogens (tertiary/aromatic N) is 2. The second-order valence-corrected chi connectivity index (χ2v) is 6.96. The lowest BCUT2D eigenvalue weighted by molar-refractivity contribution is -0.134. The molecule has 1 unspecified atom stereocenters. The van der Waals surface area contributed by atoms with E-state index in [1.807, 2.05) is 18.2 Å². The monoisotopic (exact) mass is 412 g/mol. The Hall–Kier alpha value is -3.35. The van der Waals surface area contributed by atoms with Crippen molar-refractivity contribution in [2.75, 3.05) is 20.3 Å². The van der Waals surface area contributed by atoms with Crippen molar-refractivity contribution in [1.29, 1.82) is 0 Å². The Kier molecular flexibility index (Phi) is 7.58. The highest BCUT2D eigenvalue weighted by molar-refractivity contribution is 6.06. The number of para-hydroxylation sites is 1. The van der Waals surface area contributed by atoms with Crippen molar-refractivity contribution in [2.45, 2.75) is 26.8 Å². The maximum atomic E-state index is 13.3. The molecule has 7 nitrogen and oxygen atoms in total. The number of amides is 1. The summed E-state index contributed by atoms with van der Waals surface area (Å²) in [5.41, 5.74) is 1.90. The van der Waals surface area contributed by atoms with E-state index in [4.69, 9.17) is 9.47 Å². The van der Waals surface area contributed by atoms with Gasteiger partial charge < -0.3 is 18.9 Å². The first-order valence-corrected chi connectivity index (χ1v) is 9.61. The standard InChI is InChI=1S/C23H28N2O5/c1-7-13-25(19(26)14-30-18-11-9-8-10-12-18)17(4)22(27)20-15(2)21(23(28)29-6)24(5)16(20)3/h7-12,17H,1,13-14H2,2-6H3. The molecule has 0 N–H and O–H groups in total. The minimum absolute atomic E-state index is 0.193. The molecule has 0 bridgehead atoms. The second-order valence-electron chi connectivity index (χ2n) is 6.96. The molecule has 160 valence electrons. The number of ether oxygens (including phenoxy) is 2. The van der Waals surface area contributed by atoms with Gasteiger partial charge in [-0.1, -0.05) is 24.3 Å². The molecule has 7 heteroatoms. The summed E-state index contributed by atoms with van der Waals surface area (Å²) < 4.78 is 12.0. The topological polar surface area (TPSA) is 77.8 Å². The number of aromatic nitrogens is 1. The summed E-state index contributed by atoms with van der Waals surface area (Å²) >= 11 is 0. The quantitative estimate of drug-likeness (QED) is 0.359. The Balaban J connectivity index is 2.27. The lowest BCUT2D eigenvalue weighted by Gasteiger charge is -2.27. The Bertz CT molecular complexity index is 946. The van der Waals surface area contributed by atoms with Crippen molar-refractivity contribution in [2.24, 2.45) is 7.05 Å². The van der Waals surface area contributed by atoms with Gasteiger partial charge in [0.2, 0.25) is 0 Å². The number of Topliss-reactive ketones (excluding diaryl/α,β-unsaturated/α-hetero) is 1. The van der Waals surface area contributed by atoms with E-state index in [-0.39, 0.29) is 24.8 Å². The van der Waals surface area contributed by atoms with Crippen LogP contribution in [0.25, 0.3) is 0 Å². The van der Waals surface area contributed by atoms with Gasteiger partial charge in [0.25, 0.3) is 5.91 Å². The van der Waals surface area contributed by atoms with Crippen molar-refractivity contribution in [3.8, 4) is 5.75 Å². The predicted octanol–water partition coefficient (Wildman–Crippen LogP) is 3.09. The molecule has 30 heavy (non-hydrogen) atoms. The van der Waals surface area contributed by atoms with Gasteiger partial charge in [0.1, 0.15) is 11.4 Å². The zero-order valence-electron chi connectivity index (χ0n) is 18.1.